The monoisotopic (exact) mass is 413 g/mol. The number of rotatable bonds is 4. The third kappa shape index (κ3) is 3.79. The minimum atomic E-state index is 0.00544. The summed E-state index contributed by atoms with van der Waals surface area (Å²) in [5, 5.41) is 13.2. The lowest BCUT2D eigenvalue weighted by molar-refractivity contribution is 0.0735. The molecule has 5 rings (SSSR count). The van der Waals surface area contributed by atoms with Crippen LogP contribution in [0.4, 0.5) is 5.82 Å². The smallest absolute Gasteiger partial charge is 0.272 e. The number of benzene rings is 1. The molecular weight excluding hydrogens is 390 g/mol. The zero-order valence-electron chi connectivity index (χ0n) is 17.3. The molecule has 1 aliphatic heterocycles. The number of hydrogen-bond acceptors (Lipinski definition) is 5. The number of aromatic nitrogens is 5. The van der Waals surface area contributed by atoms with E-state index in [0.717, 1.165) is 22.9 Å². The Bertz CT molecular complexity index is 1160. The number of carbonyl (C=O) groups excluding carboxylic acids is 1. The third-order valence-electron chi connectivity index (χ3n) is 5.56. The van der Waals surface area contributed by atoms with Gasteiger partial charge in [-0.15, -0.1) is 10.2 Å². The van der Waals surface area contributed by atoms with Crippen molar-refractivity contribution in [2.45, 2.75) is 0 Å². The number of aryl methyl sites for hydroxylation is 1. The normalized spacial score (nSPS) is 14.1. The number of carbonyl (C=O) groups is 1. The van der Waals surface area contributed by atoms with Crippen LogP contribution >= 0.6 is 0 Å². The van der Waals surface area contributed by atoms with Gasteiger partial charge in [0.25, 0.3) is 5.91 Å². The molecular formula is C23H23N7O. The van der Waals surface area contributed by atoms with Gasteiger partial charge in [0.05, 0.1) is 5.69 Å². The lowest BCUT2D eigenvalue weighted by Gasteiger charge is -2.35. The average Bonchev–Trinajstić information content (AvgIpc) is 3.50. The summed E-state index contributed by atoms with van der Waals surface area (Å²) >= 11 is 0. The number of piperazine rings is 1. The van der Waals surface area contributed by atoms with Gasteiger partial charge in [0.1, 0.15) is 5.69 Å². The van der Waals surface area contributed by atoms with E-state index in [1.165, 1.54) is 0 Å². The molecule has 1 saturated heterocycles. The molecule has 1 fully saturated rings. The first-order chi connectivity index (χ1) is 15.2. The SMILES string of the molecule is Cn1nc(-c2ccccc2)cc1C(=O)N1CCN(c2ccc(-n3cccc3)nn2)CC1. The molecule has 0 aliphatic carbocycles. The Labute approximate surface area is 180 Å². The van der Waals surface area contributed by atoms with Crippen LogP contribution in [-0.4, -0.2) is 61.5 Å². The second kappa shape index (κ2) is 8.06. The van der Waals surface area contributed by atoms with Crippen molar-refractivity contribution in [3.05, 3.63) is 78.8 Å². The highest BCUT2D eigenvalue weighted by molar-refractivity contribution is 5.94. The van der Waals surface area contributed by atoms with Gasteiger partial charge in [0.15, 0.2) is 11.6 Å². The van der Waals surface area contributed by atoms with Crippen LogP contribution in [0.15, 0.2) is 73.1 Å². The molecule has 1 amide bonds. The Hall–Kier alpha value is -3.94. The highest BCUT2D eigenvalue weighted by atomic mass is 16.2. The average molecular weight is 413 g/mol. The molecule has 4 heterocycles. The molecule has 0 spiro atoms. The lowest BCUT2D eigenvalue weighted by atomic mass is 10.1. The lowest BCUT2D eigenvalue weighted by Crippen LogP contribution is -2.49. The van der Waals surface area contributed by atoms with E-state index in [9.17, 15) is 4.79 Å². The molecule has 4 aromatic rings. The largest absolute Gasteiger partial charge is 0.352 e. The zero-order valence-corrected chi connectivity index (χ0v) is 17.3. The van der Waals surface area contributed by atoms with Gasteiger partial charge >= 0.3 is 0 Å². The number of nitrogens with zero attached hydrogens (tertiary/aromatic N) is 7. The van der Waals surface area contributed by atoms with Gasteiger partial charge in [-0.1, -0.05) is 30.3 Å². The van der Waals surface area contributed by atoms with Gasteiger partial charge in [-0.25, -0.2) is 0 Å². The van der Waals surface area contributed by atoms with Crippen LogP contribution in [-0.2, 0) is 7.05 Å². The van der Waals surface area contributed by atoms with Crippen LogP contribution < -0.4 is 4.90 Å². The summed E-state index contributed by atoms with van der Waals surface area (Å²) in [7, 11) is 1.82. The predicted octanol–water partition coefficient (Wildman–Crippen LogP) is 2.63. The summed E-state index contributed by atoms with van der Waals surface area (Å²) in [6.45, 7) is 2.69. The van der Waals surface area contributed by atoms with Crippen molar-refractivity contribution in [3.63, 3.8) is 0 Å². The maximum atomic E-state index is 13.1. The van der Waals surface area contributed by atoms with Crippen molar-refractivity contribution < 1.29 is 4.79 Å². The molecule has 3 aromatic heterocycles. The fourth-order valence-electron chi connectivity index (χ4n) is 3.83. The molecule has 8 nitrogen and oxygen atoms in total. The molecule has 0 atom stereocenters. The van der Waals surface area contributed by atoms with Crippen LogP contribution in [0.2, 0.25) is 0 Å². The van der Waals surface area contributed by atoms with Crippen LogP contribution in [0, 0.1) is 0 Å². The summed E-state index contributed by atoms with van der Waals surface area (Å²) in [5.74, 6) is 1.62. The molecule has 0 radical (unpaired) electrons. The van der Waals surface area contributed by atoms with E-state index in [1.54, 1.807) is 4.68 Å². The molecule has 156 valence electrons. The van der Waals surface area contributed by atoms with E-state index in [4.69, 9.17) is 0 Å². The number of hydrogen-bond donors (Lipinski definition) is 0. The van der Waals surface area contributed by atoms with Gasteiger partial charge < -0.3 is 14.4 Å². The summed E-state index contributed by atoms with van der Waals surface area (Å²) in [6.07, 6.45) is 3.88. The van der Waals surface area contributed by atoms with E-state index in [0.29, 0.717) is 31.9 Å². The van der Waals surface area contributed by atoms with Crippen molar-refractivity contribution >= 4 is 11.7 Å². The van der Waals surface area contributed by atoms with E-state index in [1.807, 2.05) is 89.6 Å². The van der Waals surface area contributed by atoms with Gasteiger partial charge in [-0.2, -0.15) is 5.10 Å². The van der Waals surface area contributed by atoms with E-state index < -0.39 is 0 Å². The topological polar surface area (TPSA) is 72.1 Å². The molecule has 31 heavy (non-hydrogen) atoms. The van der Waals surface area contributed by atoms with E-state index >= 15 is 0 Å². The Morgan fingerprint density at radius 1 is 0.839 bits per heavy atom. The van der Waals surface area contributed by atoms with E-state index in [2.05, 4.69) is 20.2 Å². The first kappa shape index (κ1) is 19.0. The first-order valence-electron chi connectivity index (χ1n) is 10.3. The molecule has 0 saturated carbocycles. The molecule has 1 aromatic carbocycles. The quantitative estimate of drug-likeness (QED) is 0.514. The second-order valence-electron chi connectivity index (χ2n) is 7.52. The molecule has 8 heteroatoms. The van der Waals surface area contributed by atoms with Crippen LogP contribution in [0.5, 0.6) is 0 Å². The van der Waals surface area contributed by atoms with E-state index in [-0.39, 0.29) is 5.91 Å². The first-order valence-corrected chi connectivity index (χ1v) is 10.3. The summed E-state index contributed by atoms with van der Waals surface area (Å²) in [6, 6.07) is 19.6. The number of anilines is 1. The van der Waals surface area contributed by atoms with Crippen molar-refractivity contribution in [1.82, 2.24) is 29.4 Å². The van der Waals surface area contributed by atoms with Crippen LogP contribution in [0.25, 0.3) is 17.1 Å². The fraction of sp³-hybridized carbons (Fsp3) is 0.217. The molecule has 0 bridgehead atoms. The summed E-state index contributed by atoms with van der Waals surface area (Å²) in [4.78, 5) is 17.1. The van der Waals surface area contributed by atoms with Crippen molar-refractivity contribution in [1.29, 1.82) is 0 Å². The Morgan fingerprint density at radius 2 is 1.52 bits per heavy atom. The number of amides is 1. The standard InChI is InChI=1S/C23H23N7O/c1-27-20(17-19(26-27)18-7-3-2-4-8-18)23(31)30-15-13-29(14-16-30)22-10-9-21(24-25-22)28-11-5-6-12-28/h2-12,17H,13-16H2,1H3. The van der Waals surface area contributed by atoms with Crippen molar-refractivity contribution in [3.8, 4) is 17.1 Å². The highest BCUT2D eigenvalue weighted by Crippen LogP contribution is 2.20. The van der Waals surface area contributed by atoms with Crippen molar-refractivity contribution in [2.24, 2.45) is 7.05 Å². The van der Waals surface area contributed by atoms with Gasteiger partial charge in [0.2, 0.25) is 0 Å². The van der Waals surface area contributed by atoms with Gasteiger partial charge in [-0.3, -0.25) is 9.48 Å². The van der Waals surface area contributed by atoms with Crippen LogP contribution in [0.3, 0.4) is 0 Å². The third-order valence-corrected chi connectivity index (χ3v) is 5.56. The summed E-state index contributed by atoms with van der Waals surface area (Å²) in [5.41, 5.74) is 2.41. The predicted molar refractivity (Wildman–Crippen MR) is 118 cm³/mol. The minimum Gasteiger partial charge on any atom is -0.352 e. The molecule has 0 unspecified atom stereocenters. The fourth-order valence-corrected chi connectivity index (χ4v) is 3.83. The second-order valence-corrected chi connectivity index (χ2v) is 7.52. The minimum absolute atomic E-state index is 0.00544. The highest BCUT2D eigenvalue weighted by Gasteiger charge is 2.25. The maximum Gasteiger partial charge on any atom is 0.272 e. The Balaban J connectivity index is 1.24. The Morgan fingerprint density at radius 3 is 2.19 bits per heavy atom. The van der Waals surface area contributed by atoms with Crippen molar-refractivity contribution in [2.75, 3.05) is 31.1 Å². The molecule has 0 N–H and O–H groups in total. The molecule has 1 aliphatic rings. The maximum absolute atomic E-state index is 13.1. The summed E-state index contributed by atoms with van der Waals surface area (Å²) < 4.78 is 3.59. The zero-order chi connectivity index (χ0) is 21.2. The van der Waals surface area contributed by atoms with Gasteiger partial charge in [0, 0.05) is 51.2 Å². The van der Waals surface area contributed by atoms with Gasteiger partial charge in [-0.05, 0) is 30.3 Å². The Kier molecular flexibility index (Phi) is 4.95. The van der Waals surface area contributed by atoms with Crippen LogP contribution in [0.1, 0.15) is 10.5 Å².